The van der Waals surface area contributed by atoms with Crippen molar-refractivity contribution in [2.45, 2.75) is 45.3 Å². The SMILES string of the molecule is CC(C)Oc1ccc(C(=O)N[C@H](CCN2CCCNC2=O)Cc2ccc(-c3cn4cccc(Br)c4n3)cc2)cc1C#N. The highest BCUT2D eigenvalue weighted by atomic mass is 79.9. The smallest absolute Gasteiger partial charge is 0.317 e. The predicted octanol–water partition coefficient (Wildman–Crippen LogP) is 5.57. The van der Waals surface area contributed by atoms with E-state index in [0.29, 0.717) is 49.4 Å². The molecule has 0 spiro atoms. The lowest BCUT2D eigenvalue weighted by atomic mass is 10.00. The zero-order valence-electron chi connectivity index (χ0n) is 23.6. The minimum absolute atomic E-state index is 0.0748. The van der Waals surface area contributed by atoms with Crippen LogP contribution < -0.4 is 15.4 Å². The van der Waals surface area contributed by atoms with Crippen LogP contribution in [-0.4, -0.2) is 58.0 Å². The van der Waals surface area contributed by atoms with Crippen LogP contribution in [0.5, 0.6) is 5.75 Å². The van der Waals surface area contributed by atoms with Gasteiger partial charge in [0.15, 0.2) is 5.65 Å². The molecule has 42 heavy (non-hydrogen) atoms. The molecule has 2 aromatic carbocycles. The molecular formula is C32H33BrN6O3. The van der Waals surface area contributed by atoms with Gasteiger partial charge in [-0.25, -0.2) is 9.78 Å². The number of pyridine rings is 1. The van der Waals surface area contributed by atoms with Crippen molar-refractivity contribution in [2.24, 2.45) is 0 Å². The Morgan fingerprint density at radius 1 is 1.21 bits per heavy atom. The van der Waals surface area contributed by atoms with Crippen LogP contribution in [0.4, 0.5) is 4.79 Å². The Morgan fingerprint density at radius 2 is 2.02 bits per heavy atom. The third kappa shape index (κ3) is 6.92. The molecule has 2 aromatic heterocycles. The number of aromatic nitrogens is 2. The number of urea groups is 1. The molecule has 5 rings (SSSR count). The molecule has 9 nitrogen and oxygen atoms in total. The van der Waals surface area contributed by atoms with Crippen LogP contribution in [0.3, 0.4) is 0 Å². The Morgan fingerprint density at radius 3 is 2.74 bits per heavy atom. The van der Waals surface area contributed by atoms with Gasteiger partial charge in [0, 0.05) is 49.2 Å². The van der Waals surface area contributed by atoms with Gasteiger partial charge >= 0.3 is 6.03 Å². The van der Waals surface area contributed by atoms with Crippen molar-refractivity contribution in [3.8, 4) is 23.1 Å². The molecule has 0 bridgehead atoms. The normalized spacial score (nSPS) is 14.0. The monoisotopic (exact) mass is 628 g/mol. The summed E-state index contributed by atoms with van der Waals surface area (Å²) < 4.78 is 8.62. The number of nitrogens with zero attached hydrogens (tertiary/aromatic N) is 4. The fourth-order valence-corrected chi connectivity index (χ4v) is 5.47. The molecule has 216 valence electrons. The number of benzene rings is 2. The van der Waals surface area contributed by atoms with Crippen molar-refractivity contribution in [2.75, 3.05) is 19.6 Å². The Hall–Kier alpha value is -4.36. The van der Waals surface area contributed by atoms with Crippen LogP contribution in [0.25, 0.3) is 16.9 Å². The molecule has 3 amide bonds. The molecule has 1 fully saturated rings. The minimum atomic E-state index is -0.275. The molecule has 10 heteroatoms. The number of carbonyl (C=O) groups is 2. The molecule has 1 saturated heterocycles. The predicted molar refractivity (Wildman–Crippen MR) is 164 cm³/mol. The van der Waals surface area contributed by atoms with Gasteiger partial charge in [-0.05, 0) is 84.9 Å². The van der Waals surface area contributed by atoms with Crippen LogP contribution in [0, 0.1) is 11.3 Å². The number of carbonyl (C=O) groups excluding carboxylic acids is 2. The second-order valence-electron chi connectivity index (χ2n) is 10.6. The quantitative estimate of drug-likeness (QED) is 0.238. The van der Waals surface area contributed by atoms with E-state index in [1.165, 1.54) is 0 Å². The molecular weight excluding hydrogens is 596 g/mol. The number of imidazole rings is 1. The molecule has 1 atom stereocenters. The first-order chi connectivity index (χ1) is 20.3. The third-order valence-electron chi connectivity index (χ3n) is 7.14. The number of hydrogen-bond acceptors (Lipinski definition) is 5. The summed E-state index contributed by atoms with van der Waals surface area (Å²) in [6.45, 7) is 5.67. The Balaban J connectivity index is 1.33. The molecule has 1 aliphatic heterocycles. The van der Waals surface area contributed by atoms with E-state index in [0.717, 1.165) is 33.4 Å². The first-order valence-corrected chi connectivity index (χ1v) is 14.9. The van der Waals surface area contributed by atoms with Crippen molar-refractivity contribution in [3.05, 3.63) is 88.2 Å². The topological polar surface area (TPSA) is 112 Å². The maximum atomic E-state index is 13.3. The van der Waals surface area contributed by atoms with Crippen LogP contribution in [0.2, 0.25) is 0 Å². The second kappa shape index (κ2) is 13.1. The summed E-state index contributed by atoms with van der Waals surface area (Å²) in [5, 5.41) is 15.6. The van der Waals surface area contributed by atoms with Crippen LogP contribution in [0.1, 0.15) is 48.2 Å². The summed E-state index contributed by atoms with van der Waals surface area (Å²) in [6, 6.07) is 18.8. The van der Waals surface area contributed by atoms with Gasteiger partial charge in [0.1, 0.15) is 11.8 Å². The Labute approximate surface area is 253 Å². The van der Waals surface area contributed by atoms with Gasteiger partial charge in [-0.3, -0.25) is 4.79 Å². The highest BCUT2D eigenvalue weighted by Gasteiger charge is 2.21. The fraction of sp³-hybridized carbons (Fsp3) is 0.312. The summed E-state index contributed by atoms with van der Waals surface area (Å²) in [7, 11) is 0. The van der Waals surface area contributed by atoms with E-state index in [1.807, 2.05) is 67.0 Å². The molecule has 0 unspecified atom stereocenters. The lowest BCUT2D eigenvalue weighted by Gasteiger charge is -2.29. The van der Waals surface area contributed by atoms with Gasteiger partial charge < -0.3 is 24.7 Å². The standard InChI is InChI=1S/C32H33BrN6O3/c1-21(2)42-29-11-10-24(18-25(29)19-34)31(40)36-26(12-16-38-15-4-13-35-32(38)41)17-22-6-8-23(9-7-22)28-20-39-14-3-5-27(33)30(39)37-28/h3,5-11,14,18,20-21,26H,4,12-13,15-17H2,1-2H3,(H,35,41)(H,36,40)/t26-/m1/s1. The fourth-order valence-electron chi connectivity index (χ4n) is 5.03. The molecule has 0 saturated carbocycles. The third-order valence-corrected chi connectivity index (χ3v) is 7.76. The number of nitriles is 1. The summed E-state index contributed by atoms with van der Waals surface area (Å²) >= 11 is 3.56. The summed E-state index contributed by atoms with van der Waals surface area (Å²) in [4.78, 5) is 32.2. The zero-order valence-corrected chi connectivity index (χ0v) is 25.2. The van der Waals surface area contributed by atoms with Crippen molar-refractivity contribution < 1.29 is 14.3 Å². The highest BCUT2D eigenvalue weighted by molar-refractivity contribution is 9.10. The number of nitrogens with one attached hydrogen (secondary N) is 2. The molecule has 1 aliphatic rings. The van der Waals surface area contributed by atoms with Crippen molar-refractivity contribution in [3.63, 3.8) is 0 Å². The summed E-state index contributed by atoms with van der Waals surface area (Å²) in [5.41, 5.74) is 4.46. The zero-order chi connectivity index (χ0) is 29.6. The molecule has 2 N–H and O–H groups in total. The van der Waals surface area contributed by atoms with E-state index in [-0.39, 0.29) is 24.1 Å². The minimum Gasteiger partial charge on any atom is -0.490 e. The number of hydrogen-bond donors (Lipinski definition) is 2. The average Bonchev–Trinajstić information content (AvgIpc) is 3.43. The van der Waals surface area contributed by atoms with Gasteiger partial charge in [-0.1, -0.05) is 24.3 Å². The second-order valence-corrected chi connectivity index (χ2v) is 11.5. The van der Waals surface area contributed by atoms with Gasteiger partial charge in [0.25, 0.3) is 5.91 Å². The first-order valence-electron chi connectivity index (χ1n) is 14.1. The molecule has 0 aliphatic carbocycles. The van der Waals surface area contributed by atoms with Gasteiger partial charge in [-0.2, -0.15) is 5.26 Å². The van der Waals surface area contributed by atoms with Gasteiger partial charge in [-0.15, -0.1) is 0 Å². The maximum absolute atomic E-state index is 13.3. The van der Waals surface area contributed by atoms with Gasteiger partial charge in [0.05, 0.1) is 21.8 Å². The van der Waals surface area contributed by atoms with E-state index < -0.39 is 0 Å². The van der Waals surface area contributed by atoms with Crippen molar-refractivity contribution >= 4 is 33.5 Å². The first kappa shape index (κ1) is 29.1. The highest BCUT2D eigenvalue weighted by Crippen LogP contribution is 2.25. The van der Waals surface area contributed by atoms with E-state index in [2.05, 4.69) is 32.6 Å². The number of ether oxygens (including phenoxy) is 1. The number of fused-ring (bicyclic) bond motifs is 1. The summed E-state index contributed by atoms with van der Waals surface area (Å²) in [5.74, 6) is 0.178. The molecule has 4 aromatic rings. The molecule has 3 heterocycles. The number of rotatable bonds is 10. The van der Waals surface area contributed by atoms with Crippen molar-refractivity contribution in [1.29, 1.82) is 5.26 Å². The Bertz CT molecular complexity index is 1630. The van der Waals surface area contributed by atoms with Gasteiger partial charge in [0.2, 0.25) is 0 Å². The summed E-state index contributed by atoms with van der Waals surface area (Å²) in [6.07, 6.45) is 5.93. The van der Waals surface area contributed by atoms with Crippen LogP contribution in [0.15, 0.2) is 71.5 Å². The largest absolute Gasteiger partial charge is 0.490 e. The molecule has 0 radical (unpaired) electrons. The van der Waals surface area contributed by atoms with E-state index in [9.17, 15) is 14.9 Å². The number of halogens is 1. The lowest BCUT2D eigenvalue weighted by molar-refractivity contribution is 0.0932. The van der Waals surface area contributed by atoms with Crippen LogP contribution in [-0.2, 0) is 6.42 Å². The van der Waals surface area contributed by atoms with E-state index in [4.69, 9.17) is 9.72 Å². The van der Waals surface area contributed by atoms with E-state index >= 15 is 0 Å². The van der Waals surface area contributed by atoms with Crippen molar-refractivity contribution in [1.82, 2.24) is 24.9 Å². The Kier molecular flexibility index (Phi) is 9.08. The average molecular weight is 630 g/mol. The number of amides is 3. The van der Waals surface area contributed by atoms with Crippen LogP contribution >= 0.6 is 15.9 Å². The van der Waals surface area contributed by atoms with E-state index in [1.54, 1.807) is 23.1 Å². The lowest BCUT2D eigenvalue weighted by Crippen LogP contribution is -2.48. The maximum Gasteiger partial charge on any atom is 0.317 e.